The molecule has 1 unspecified atom stereocenters. The number of aryl methyl sites for hydroxylation is 1. The van der Waals surface area contributed by atoms with Gasteiger partial charge in [-0.25, -0.2) is 0 Å². The average molecular weight is 272 g/mol. The lowest BCUT2D eigenvalue weighted by Crippen LogP contribution is -2.26. The lowest BCUT2D eigenvalue weighted by molar-refractivity contribution is -0.121. The average Bonchev–Trinajstić information content (AvgIpc) is 2.85. The van der Waals surface area contributed by atoms with Crippen LogP contribution in [0.2, 0.25) is 0 Å². The van der Waals surface area contributed by atoms with E-state index in [1.807, 2.05) is 31.2 Å². The first-order valence-corrected chi connectivity index (χ1v) is 6.89. The molecule has 4 heteroatoms. The zero-order valence-corrected chi connectivity index (χ0v) is 11.9. The molecule has 4 nitrogen and oxygen atoms in total. The second-order valence-electron chi connectivity index (χ2n) is 5.04. The van der Waals surface area contributed by atoms with Crippen LogP contribution in [0, 0.1) is 6.92 Å². The molecule has 0 spiro atoms. The lowest BCUT2D eigenvalue weighted by Gasteiger charge is -2.11. The van der Waals surface area contributed by atoms with Crippen molar-refractivity contribution in [2.45, 2.75) is 32.6 Å². The number of aromatic nitrogens is 1. The summed E-state index contributed by atoms with van der Waals surface area (Å²) in [5.74, 6) is 1.09. The monoisotopic (exact) mass is 272 g/mol. The Balaban J connectivity index is 1.73. The van der Waals surface area contributed by atoms with Crippen LogP contribution in [0.15, 0.2) is 40.9 Å². The number of nitrogens with zero attached hydrogens (tertiary/aromatic N) is 1. The molecular weight excluding hydrogens is 252 g/mol. The molecule has 0 fully saturated rings. The molecule has 1 heterocycles. The van der Waals surface area contributed by atoms with Gasteiger partial charge >= 0.3 is 0 Å². The zero-order chi connectivity index (χ0) is 14.4. The van der Waals surface area contributed by atoms with E-state index in [0.717, 1.165) is 11.5 Å². The first kappa shape index (κ1) is 14.3. The third kappa shape index (κ3) is 4.23. The molecule has 0 saturated carbocycles. The fourth-order valence-corrected chi connectivity index (χ4v) is 2.12. The first-order chi connectivity index (χ1) is 9.65. The number of amides is 1. The minimum absolute atomic E-state index is 0.0709. The second-order valence-corrected chi connectivity index (χ2v) is 5.04. The lowest BCUT2D eigenvalue weighted by atomic mass is 9.97. The number of carbonyl (C=O) groups excluding carboxylic acids is 1. The highest BCUT2D eigenvalue weighted by Crippen LogP contribution is 2.17. The molecule has 0 radical (unpaired) electrons. The Morgan fingerprint density at radius 1 is 1.35 bits per heavy atom. The van der Waals surface area contributed by atoms with Crippen LogP contribution < -0.4 is 5.32 Å². The van der Waals surface area contributed by atoms with Gasteiger partial charge in [0.15, 0.2) is 0 Å². The van der Waals surface area contributed by atoms with Crippen LogP contribution in [-0.4, -0.2) is 17.6 Å². The second kappa shape index (κ2) is 6.89. The van der Waals surface area contributed by atoms with Crippen molar-refractivity contribution >= 4 is 5.91 Å². The third-order valence-electron chi connectivity index (χ3n) is 3.24. The predicted octanol–water partition coefficient (Wildman–Crippen LogP) is 2.84. The number of rotatable bonds is 6. The number of hydrogen-bond acceptors (Lipinski definition) is 3. The van der Waals surface area contributed by atoms with Crippen molar-refractivity contribution in [3.05, 3.63) is 53.4 Å². The van der Waals surface area contributed by atoms with Gasteiger partial charge in [0.05, 0.1) is 5.69 Å². The maximum atomic E-state index is 11.9. The van der Waals surface area contributed by atoms with Gasteiger partial charge in [0, 0.05) is 25.5 Å². The maximum Gasteiger partial charge on any atom is 0.220 e. The molecule has 0 bridgehead atoms. The summed E-state index contributed by atoms with van der Waals surface area (Å²) >= 11 is 0. The molecule has 106 valence electrons. The van der Waals surface area contributed by atoms with Gasteiger partial charge in [-0.15, -0.1) is 0 Å². The van der Waals surface area contributed by atoms with Crippen LogP contribution in [0.3, 0.4) is 0 Å². The molecule has 0 aliphatic carbocycles. The molecule has 2 rings (SSSR count). The molecule has 0 aliphatic rings. The number of hydrogen-bond donors (Lipinski definition) is 1. The molecule has 20 heavy (non-hydrogen) atoms. The molecule has 1 atom stereocenters. The van der Waals surface area contributed by atoms with E-state index in [9.17, 15) is 4.79 Å². The van der Waals surface area contributed by atoms with Gasteiger partial charge in [-0.3, -0.25) is 4.79 Å². The molecule has 1 amide bonds. The van der Waals surface area contributed by atoms with Crippen LogP contribution >= 0.6 is 0 Å². The van der Waals surface area contributed by atoms with Gasteiger partial charge in [0.25, 0.3) is 0 Å². The smallest absolute Gasteiger partial charge is 0.220 e. The van der Waals surface area contributed by atoms with E-state index in [0.29, 0.717) is 19.4 Å². The summed E-state index contributed by atoms with van der Waals surface area (Å²) in [6.07, 6.45) is 1.20. The quantitative estimate of drug-likeness (QED) is 0.879. The summed E-state index contributed by atoms with van der Waals surface area (Å²) < 4.78 is 4.98. The molecule has 0 aliphatic heterocycles. The van der Waals surface area contributed by atoms with E-state index in [4.69, 9.17) is 4.52 Å². The third-order valence-corrected chi connectivity index (χ3v) is 3.24. The van der Waals surface area contributed by atoms with Gasteiger partial charge in [-0.1, -0.05) is 42.4 Å². The van der Waals surface area contributed by atoms with E-state index in [1.54, 1.807) is 0 Å². The molecule has 1 aromatic carbocycles. The molecule has 1 N–H and O–H groups in total. The fourth-order valence-electron chi connectivity index (χ4n) is 2.12. The first-order valence-electron chi connectivity index (χ1n) is 6.89. The largest absolute Gasteiger partial charge is 0.361 e. The summed E-state index contributed by atoms with van der Waals surface area (Å²) in [6, 6.07) is 12.0. The number of nitrogens with one attached hydrogen (secondary N) is 1. The van der Waals surface area contributed by atoms with Crippen molar-refractivity contribution in [2.24, 2.45) is 0 Å². The van der Waals surface area contributed by atoms with Gasteiger partial charge in [-0.05, 0) is 18.4 Å². The minimum atomic E-state index is 0.0709. The normalized spacial score (nSPS) is 12.1. The highest BCUT2D eigenvalue weighted by molar-refractivity contribution is 5.76. The van der Waals surface area contributed by atoms with E-state index in [2.05, 4.69) is 29.5 Å². The van der Waals surface area contributed by atoms with Gasteiger partial charge in [-0.2, -0.15) is 0 Å². The summed E-state index contributed by atoms with van der Waals surface area (Å²) in [5, 5.41) is 6.82. The van der Waals surface area contributed by atoms with Gasteiger partial charge in [0.1, 0.15) is 5.76 Å². The highest BCUT2D eigenvalue weighted by atomic mass is 16.5. The van der Waals surface area contributed by atoms with E-state index < -0.39 is 0 Å². The van der Waals surface area contributed by atoms with Crippen LogP contribution in [0.1, 0.15) is 36.3 Å². The zero-order valence-electron chi connectivity index (χ0n) is 11.9. The summed E-state index contributed by atoms with van der Waals surface area (Å²) in [7, 11) is 0. The molecule has 2 aromatic rings. The SMILES string of the molecule is Cc1cc(CCNC(=O)CC(C)c2ccccc2)no1. The highest BCUT2D eigenvalue weighted by Gasteiger charge is 2.10. The van der Waals surface area contributed by atoms with Crippen molar-refractivity contribution in [2.75, 3.05) is 6.54 Å². The fraction of sp³-hybridized carbons (Fsp3) is 0.375. The van der Waals surface area contributed by atoms with Crippen molar-refractivity contribution in [3.63, 3.8) is 0 Å². The maximum absolute atomic E-state index is 11.9. The topological polar surface area (TPSA) is 55.1 Å². The standard InChI is InChI=1S/C16H20N2O2/c1-12(14-6-4-3-5-7-14)10-16(19)17-9-8-15-11-13(2)20-18-15/h3-7,11-12H,8-10H2,1-2H3,(H,17,19). The number of benzene rings is 1. The Morgan fingerprint density at radius 2 is 2.10 bits per heavy atom. The Bertz CT molecular complexity index is 549. The Hall–Kier alpha value is -2.10. The van der Waals surface area contributed by atoms with Crippen LogP contribution in [0.25, 0.3) is 0 Å². The van der Waals surface area contributed by atoms with Crippen molar-refractivity contribution in [1.82, 2.24) is 10.5 Å². The summed E-state index contributed by atoms with van der Waals surface area (Å²) in [4.78, 5) is 11.9. The summed E-state index contributed by atoms with van der Waals surface area (Å²) in [5.41, 5.74) is 2.06. The molecular formula is C16H20N2O2. The predicted molar refractivity (Wildman–Crippen MR) is 77.4 cm³/mol. The molecule has 0 saturated heterocycles. The van der Waals surface area contributed by atoms with Crippen LogP contribution in [-0.2, 0) is 11.2 Å². The van der Waals surface area contributed by atoms with E-state index in [-0.39, 0.29) is 11.8 Å². The van der Waals surface area contributed by atoms with Crippen LogP contribution in [0.4, 0.5) is 0 Å². The van der Waals surface area contributed by atoms with Crippen molar-refractivity contribution < 1.29 is 9.32 Å². The van der Waals surface area contributed by atoms with Crippen LogP contribution in [0.5, 0.6) is 0 Å². The van der Waals surface area contributed by atoms with E-state index >= 15 is 0 Å². The Labute approximate surface area is 119 Å². The van der Waals surface area contributed by atoms with E-state index in [1.165, 1.54) is 5.56 Å². The number of carbonyl (C=O) groups is 1. The van der Waals surface area contributed by atoms with Gasteiger partial charge < -0.3 is 9.84 Å². The summed E-state index contributed by atoms with van der Waals surface area (Å²) in [6.45, 7) is 4.51. The minimum Gasteiger partial charge on any atom is -0.361 e. The van der Waals surface area contributed by atoms with Crippen molar-refractivity contribution in [1.29, 1.82) is 0 Å². The molecule has 1 aromatic heterocycles. The van der Waals surface area contributed by atoms with Gasteiger partial charge in [0.2, 0.25) is 5.91 Å². The Morgan fingerprint density at radius 3 is 2.75 bits per heavy atom. The Kier molecular flexibility index (Phi) is 4.93. The van der Waals surface area contributed by atoms with Crippen molar-refractivity contribution in [3.8, 4) is 0 Å².